The van der Waals surface area contributed by atoms with Gasteiger partial charge >= 0.3 is 0 Å². The third kappa shape index (κ3) is 4.49. The number of aliphatic imine (C=N–C) groups is 1. The molecular weight excluding hydrogens is 374 g/mol. The van der Waals surface area contributed by atoms with Crippen LogP contribution in [0, 0.1) is 17.2 Å². The van der Waals surface area contributed by atoms with Gasteiger partial charge in [0, 0.05) is 28.9 Å². The third-order valence-electron chi connectivity index (χ3n) is 4.37. The van der Waals surface area contributed by atoms with Crippen LogP contribution in [-0.4, -0.2) is 21.6 Å². The van der Waals surface area contributed by atoms with Crippen LogP contribution < -0.4 is 0 Å². The van der Waals surface area contributed by atoms with Crippen molar-refractivity contribution < 1.29 is 4.79 Å². The van der Waals surface area contributed by atoms with E-state index in [9.17, 15) is 10.1 Å². The maximum absolute atomic E-state index is 12.3. The highest BCUT2D eigenvalue weighted by atomic mass is 32.2. The number of carbonyl (C=O) groups is 1. The second-order valence-electron chi connectivity index (χ2n) is 6.16. The molecule has 1 aliphatic heterocycles. The Hall–Kier alpha value is -2.36. The Morgan fingerprint density at radius 2 is 1.96 bits per heavy atom. The van der Waals surface area contributed by atoms with Gasteiger partial charge in [-0.05, 0) is 37.6 Å². The van der Waals surface area contributed by atoms with Gasteiger partial charge in [0.05, 0.1) is 22.6 Å². The number of thioether (sulfide) groups is 2. The molecule has 0 saturated carbocycles. The van der Waals surface area contributed by atoms with Crippen LogP contribution in [0.3, 0.4) is 0 Å². The summed E-state index contributed by atoms with van der Waals surface area (Å²) < 4.78 is 0. The standard InChI is InChI=1S/C21H19N3OS2/c1-14-19(15(2)25)20(16-7-6-10-23-12-16)18(11-22)21(24-14)27-13-26-17-8-4-3-5-9-17/h3-10,12,19-20H,13H2,1-2H3/t19?,20-/m0/s1. The molecule has 27 heavy (non-hydrogen) atoms. The fraction of sp³-hybridized carbons (Fsp3) is 0.238. The van der Waals surface area contributed by atoms with Crippen molar-refractivity contribution in [1.82, 2.24) is 4.98 Å². The Kier molecular flexibility index (Phi) is 6.49. The molecule has 1 aliphatic rings. The summed E-state index contributed by atoms with van der Waals surface area (Å²) in [5.74, 6) is -0.738. The Morgan fingerprint density at radius 3 is 2.59 bits per heavy atom. The fourth-order valence-corrected chi connectivity index (χ4v) is 5.29. The smallest absolute Gasteiger partial charge is 0.139 e. The SMILES string of the molecule is CC(=O)C1C(C)=NC(SCSc2ccccc2)=C(C#N)[C@@H]1c1cccnc1. The van der Waals surface area contributed by atoms with Gasteiger partial charge in [-0.25, -0.2) is 4.99 Å². The van der Waals surface area contributed by atoms with Crippen molar-refractivity contribution in [3.05, 3.63) is 71.0 Å². The van der Waals surface area contributed by atoms with Gasteiger partial charge in [0.2, 0.25) is 0 Å². The molecular formula is C21H19N3OS2. The van der Waals surface area contributed by atoms with Crippen molar-refractivity contribution in [2.45, 2.75) is 24.7 Å². The fourth-order valence-electron chi connectivity index (χ4n) is 3.18. The number of hydrogen-bond donors (Lipinski definition) is 0. The van der Waals surface area contributed by atoms with Crippen molar-refractivity contribution in [2.24, 2.45) is 10.9 Å². The molecule has 0 radical (unpaired) electrons. The molecule has 1 aromatic carbocycles. The first kappa shape index (κ1) is 19.4. The maximum atomic E-state index is 12.3. The minimum atomic E-state index is -0.421. The van der Waals surface area contributed by atoms with Crippen LogP contribution in [0.15, 0.2) is 75.3 Å². The maximum Gasteiger partial charge on any atom is 0.139 e. The van der Waals surface area contributed by atoms with E-state index >= 15 is 0 Å². The monoisotopic (exact) mass is 393 g/mol. The average molecular weight is 394 g/mol. The van der Waals surface area contributed by atoms with E-state index in [4.69, 9.17) is 0 Å². The highest BCUT2D eigenvalue weighted by molar-refractivity contribution is 8.17. The number of nitriles is 1. The molecule has 1 aromatic heterocycles. The molecule has 0 fully saturated rings. The van der Waals surface area contributed by atoms with Gasteiger partial charge in [-0.1, -0.05) is 36.0 Å². The molecule has 3 rings (SSSR count). The molecule has 0 spiro atoms. The molecule has 4 nitrogen and oxygen atoms in total. The zero-order valence-corrected chi connectivity index (χ0v) is 16.8. The highest BCUT2D eigenvalue weighted by Gasteiger charge is 2.37. The van der Waals surface area contributed by atoms with E-state index in [1.165, 1.54) is 4.90 Å². The lowest BCUT2D eigenvalue weighted by molar-refractivity contribution is -0.119. The normalized spacial score (nSPS) is 19.4. The van der Waals surface area contributed by atoms with Gasteiger partial charge in [0.15, 0.2) is 0 Å². The Labute approximate surface area is 167 Å². The summed E-state index contributed by atoms with van der Waals surface area (Å²) in [5, 5.41) is 11.3. The summed E-state index contributed by atoms with van der Waals surface area (Å²) in [6.07, 6.45) is 3.43. The first-order valence-electron chi connectivity index (χ1n) is 8.52. The molecule has 2 heterocycles. The number of Topliss-reactive ketones (excluding diaryl/α,β-unsaturated/α-hetero) is 1. The molecule has 0 saturated heterocycles. The summed E-state index contributed by atoms with van der Waals surface area (Å²) in [6, 6.07) is 16.2. The summed E-state index contributed by atoms with van der Waals surface area (Å²) >= 11 is 3.24. The van der Waals surface area contributed by atoms with Crippen LogP contribution in [0.5, 0.6) is 0 Å². The largest absolute Gasteiger partial charge is 0.299 e. The summed E-state index contributed by atoms with van der Waals surface area (Å²) in [6.45, 7) is 3.43. The number of carbonyl (C=O) groups excluding carboxylic acids is 1. The molecule has 1 unspecified atom stereocenters. The molecule has 0 amide bonds. The molecule has 2 aromatic rings. The van der Waals surface area contributed by atoms with Gasteiger partial charge in [0.25, 0.3) is 0 Å². The molecule has 0 N–H and O–H groups in total. The van der Waals surface area contributed by atoms with E-state index in [0.29, 0.717) is 10.6 Å². The number of ketones is 1. The second-order valence-corrected chi connectivity index (χ2v) is 8.53. The van der Waals surface area contributed by atoms with Crippen molar-refractivity contribution in [3.8, 4) is 6.07 Å². The first-order valence-corrected chi connectivity index (χ1v) is 10.5. The van der Waals surface area contributed by atoms with Crippen LogP contribution >= 0.6 is 23.5 Å². The number of benzene rings is 1. The van der Waals surface area contributed by atoms with Crippen molar-refractivity contribution in [1.29, 1.82) is 5.26 Å². The zero-order valence-electron chi connectivity index (χ0n) is 15.1. The van der Waals surface area contributed by atoms with Crippen LogP contribution in [0.1, 0.15) is 25.3 Å². The number of nitrogens with zero attached hydrogens (tertiary/aromatic N) is 3. The van der Waals surface area contributed by atoms with Gasteiger partial charge in [0.1, 0.15) is 10.8 Å². The minimum Gasteiger partial charge on any atom is -0.299 e. The van der Waals surface area contributed by atoms with E-state index in [2.05, 4.69) is 28.2 Å². The van der Waals surface area contributed by atoms with Crippen LogP contribution in [-0.2, 0) is 4.79 Å². The Bertz CT molecular complexity index is 917. The lowest BCUT2D eigenvalue weighted by Crippen LogP contribution is -2.31. The van der Waals surface area contributed by atoms with Crippen molar-refractivity contribution in [3.63, 3.8) is 0 Å². The van der Waals surface area contributed by atoms with Gasteiger partial charge in [-0.15, -0.1) is 11.8 Å². The van der Waals surface area contributed by atoms with E-state index in [1.54, 1.807) is 42.8 Å². The summed E-state index contributed by atoms with van der Waals surface area (Å²) in [4.78, 5) is 22.3. The number of aromatic nitrogens is 1. The predicted octanol–water partition coefficient (Wildman–Crippen LogP) is 5.06. The predicted molar refractivity (Wildman–Crippen MR) is 112 cm³/mol. The lowest BCUT2D eigenvalue weighted by atomic mass is 9.76. The van der Waals surface area contributed by atoms with E-state index in [1.807, 2.05) is 37.3 Å². The molecule has 6 heteroatoms. The third-order valence-corrected chi connectivity index (χ3v) is 6.50. The van der Waals surface area contributed by atoms with Crippen molar-refractivity contribution >= 4 is 35.0 Å². The van der Waals surface area contributed by atoms with Crippen LogP contribution in [0.25, 0.3) is 0 Å². The summed E-state index contributed by atoms with van der Waals surface area (Å²) in [5.41, 5.74) is 2.17. The van der Waals surface area contributed by atoms with Gasteiger partial charge in [-0.3, -0.25) is 9.78 Å². The topological polar surface area (TPSA) is 66.1 Å². The quantitative estimate of drug-likeness (QED) is 0.507. The molecule has 0 bridgehead atoms. The first-order chi connectivity index (χ1) is 13.1. The Morgan fingerprint density at radius 1 is 1.19 bits per heavy atom. The number of rotatable bonds is 6. The van der Waals surface area contributed by atoms with Crippen molar-refractivity contribution in [2.75, 3.05) is 5.08 Å². The van der Waals surface area contributed by atoms with E-state index < -0.39 is 5.92 Å². The average Bonchev–Trinajstić information content (AvgIpc) is 2.68. The lowest BCUT2D eigenvalue weighted by Gasteiger charge is -2.29. The number of hydrogen-bond acceptors (Lipinski definition) is 6. The zero-order chi connectivity index (χ0) is 19.2. The highest BCUT2D eigenvalue weighted by Crippen LogP contribution is 2.42. The Balaban J connectivity index is 1.91. The second kappa shape index (κ2) is 9.03. The molecule has 136 valence electrons. The van der Waals surface area contributed by atoms with Crippen LogP contribution in [0.4, 0.5) is 0 Å². The van der Waals surface area contributed by atoms with E-state index in [0.717, 1.165) is 16.4 Å². The van der Waals surface area contributed by atoms with Crippen LogP contribution in [0.2, 0.25) is 0 Å². The van der Waals surface area contributed by atoms with Gasteiger partial charge < -0.3 is 0 Å². The molecule has 2 atom stereocenters. The molecule has 0 aliphatic carbocycles. The van der Waals surface area contributed by atoms with E-state index in [-0.39, 0.29) is 11.7 Å². The minimum absolute atomic E-state index is 0.0144. The summed E-state index contributed by atoms with van der Waals surface area (Å²) in [7, 11) is 0. The van der Waals surface area contributed by atoms with Gasteiger partial charge in [-0.2, -0.15) is 5.26 Å². The number of pyridine rings is 1. The number of allylic oxidation sites excluding steroid dienone is 1.